The molecule has 0 saturated heterocycles. The molecule has 2 aromatic rings. The highest BCUT2D eigenvalue weighted by Gasteiger charge is 2.29. The Morgan fingerprint density at radius 2 is 2.08 bits per heavy atom. The van der Waals surface area contributed by atoms with Crippen LogP contribution in [0.1, 0.15) is 13.3 Å². The predicted octanol–water partition coefficient (Wildman–Crippen LogP) is 2.77. The highest BCUT2D eigenvalue weighted by molar-refractivity contribution is 6.05. The third kappa shape index (κ3) is 3.64. The number of non-ortho nitro benzene ring substituents is 1. The third-order valence-corrected chi connectivity index (χ3v) is 4.13. The number of anilines is 3. The Morgan fingerprint density at radius 1 is 1.31 bits per heavy atom. The largest absolute Gasteiger partial charge is 0.376 e. The summed E-state index contributed by atoms with van der Waals surface area (Å²) < 4.78 is 0. The normalized spacial score (nSPS) is 16.3. The van der Waals surface area contributed by atoms with Gasteiger partial charge >= 0.3 is 0 Å². The van der Waals surface area contributed by atoms with Crippen LogP contribution in [0, 0.1) is 10.1 Å². The SMILES string of the molecule is C[C@H]1CC(=O)Nc2ccccc2N1C(=O)CNc1cccc([N+](=O)[O-])c1. The second-order valence-electron chi connectivity index (χ2n) is 6.04. The standard InChI is InChI=1S/C18H18N4O4/c1-12-9-17(23)20-15-7-2-3-8-16(15)21(12)18(24)11-19-13-5-4-6-14(10-13)22(25)26/h2-8,10,12,19H,9,11H2,1H3,(H,20,23)/t12-/m0/s1. The van der Waals surface area contributed by atoms with Crippen molar-refractivity contribution < 1.29 is 14.5 Å². The van der Waals surface area contributed by atoms with Gasteiger partial charge in [0.25, 0.3) is 5.69 Å². The molecule has 26 heavy (non-hydrogen) atoms. The number of fused-ring (bicyclic) bond motifs is 1. The molecule has 3 rings (SSSR count). The lowest BCUT2D eigenvalue weighted by atomic mass is 10.1. The molecule has 0 fully saturated rings. The molecule has 8 heteroatoms. The molecule has 1 aliphatic rings. The number of amides is 2. The monoisotopic (exact) mass is 354 g/mol. The molecule has 2 aromatic carbocycles. The first kappa shape index (κ1) is 17.4. The van der Waals surface area contributed by atoms with Gasteiger partial charge in [0.2, 0.25) is 11.8 Å². The van der Waals surface area contributed by atoms with Crippen LogP contribution in [0.25, 0.3) is 0 Å². The van der Waals surface area contributed by atoms with Crippen LogP contribution in [0.4, 0.5) is 22.7 Å². The van der Waals surface area contributed by atoms with Gasteiger partial charge in [-0.05, 0) is 25.1 Å². The number of rotatable bonds is 4. The zero-order chi connectivity index (χ0) is 18.7. The zero-order valence-electron chi connectivity index (χ0n) is 14.1. The molecule has 0 aromatic heterocycles. The van der Waals surface area contributed by atoms with Crippen molar-refractivity contribution in [2.24, 2.45) is 0 Å². The number of benzene rings is 2. The summed E-state index contributed by atoms with van der Waals surface area (Å²) >= 11 is 0. The van der Waals surface area contributed by atoms with Crippen molar-refractivity contribution in [1.82, 2.24) is 0 Å². The average molecular weight is 354 g/mol. The highest BCUT2D eigenvalue weighted by atomic mass is 16.6. The van der Waals surface area contributed by atoms with Crippen molar-refractivity contribution in [2.45, 2.75) is 19.4 Å². The van der Waals surface area contributed by atoms with Gasteiger partial charge in [-0.2, -0.15) is 0 Å². The second kappa shape index (κ2) is 7.22. The summed E-state index contributed by atoms with van der Waals surface area (Å²) in [5, 5.41) is 16.6. The molecule has 1 heterocycles. The van der Waals surface area contributed by atoms with E-state index in [4.69, 9.17) is 0 Å². The number of nitrogens with one attached hydrogen (secondary N) is 2. The second-order valence-corrected chi connectivity index (χ2v) is 6.04. The Balaban J connectivity index is 1.79. The van der Waals surface area contributed by atoms with E-state index in [2.05, 4.69) is 10.6 Å². The van der Waals surface area contributed by atoms with E-state index in [9.17, 15) is 19.7 Å². The summed E-state index contributed by atoms with van der Waals surface area (Å²) in [6, 6.07) is 12.8. The maximum Gasteiger partial charge on any atom is 0.271 e. The quantitative estimate of drug-likeness (QED) is 0.649. The highest BCUT2D eigenvalue weighted by Crippen LogP contribution is 2.31. The summed E-state index contributed by atoms with van der Waals surface area (Å²) in [5.41, 5.74) is 1.66. The molecular weight excluding hydrogens is 336 g/mol. The summed E-state index contributed by atoms with van der Waals surface area (Å²) in [6.07, 6.45) is 0.192. The van der Waals surface area contributed by atoms with Crippen LogP contribution in [-0.4, -0.2) is 29.3 Å². The van der Waals surface area contributed by atoms with E-state index in [1.807, 2.05) is 6.92 Å². The summed E-state index contributed by atoms with van der Waals surface area (Å²) in [5.74, 6) is -0.375. The number of hydrogen-bond donors (Lipinski definition) is 2. The van der Waals surface area contributed by atoms with Crippen LogP contribution in [0.15, 0.2) is 48.5 Å². The van der Waals surface area contributed by atoms with Crippen molar-refractivity contribution >= 4 is 34.6 Å². The minimum Gasteiger partial charge on any atom is -0.376 e. The molecule has 0 radical (unpaired) electrons. The smallest absolute Gasteiger partial charge is 0.271 e. The topological polar surface area (TPSA) is 105 Å². The zero-order valence-corrected chi connectivity index (χ0v) is 14.1. The number of nitro groups is 1. The fourth-order valence-corrected chi connectivity index (χ4v) is 2.96. The molecule has 2 amide bonds. The van der Waals surface area contributed by atoms with Crippen molar-refractivity contribution in [2.75, 3.05) is 22.1 Å². The molecule has 0 spiro atoms. The number of carbonyl (C=O) groups excluding carboxylic acids is 2. The van der Waals surface area contributed by atoms with Gasteiger partial charge in [-0.25, -0.2) is 0 Å². The van der Waals surface area contributed by atoms with Crippen LogP contribution in [0.2, 0.25) is 0 Å². The van der Waals surface area contributed by atoms with Crippen LogP contribution in [-0.2, 0) is 9.59 Å². The summed E-state index contributed by atoms with van der Waals surface area (Å²) in [4.78, 5) is 36.7. The van der Waals surface area contributed by atoms with Gasteiger partial charge in [0, 0.05) is 30.3 Å². The minimum absolute atomic E-state index is 0.0476. The molecule has 134 valence electrons. The fourth-order valence-electron chi connectivity index (χ4n) is 2.96. The molecule has 0 saturated carbocycles. The molecule has 1 atom stereocenters. The van der Waals surface area contributed by atoms with Crippen molar-refractivity contribution in [3.8, 4) is 0 Å². The van der Waals surface area contributed by atoms with Crippen molar-refractivity contribution in [3.05, 3.63) is 58.6 Å². The molecule has 8 nitrogen and oxygen atoms in total. The molecule has 0 bridgehead atoms. The van der Waals surface area contributed by atoms with Crippen LogP contribution < -0.4 is 15.5 Å². The lowest BCUT2D eigenvalue weighted by molar-refractivity contribution is -0.384. The fraction of sp³-hybridized carbons (Fsp3) is 0.222. The Morgan fingerprint density at radius 3 is 2.85 bits per heavy atom. The van der Waals surface area contributed by atoms with E-state index in [-0.39, 0.29) is 36.5 Å². The van der Waals surface area contributed by atoms with Crippen molar-refractivity contribution in [1.29, 1.82) is 0 Å². The lowest BCUT2D eigenvalue weighted by Gasteiger charge is -2.28. The van der Waals surface area contributed by atoms with Crippen LogP contribution >= 0.6 is 0 Å². The van der Waals surface area contributed by atoms with Gasteiger partial charge < -0.3 is 15.5 Å². The van der Waals surface area contributed by atoms with E-state index >= 15 is 0 Å². The van der Waals surface area contributed by atoms with E-state index in [1.54, 1.807) is 41.3 Å². The average Bonchev–Trinajstić information content (AvgIpc) is 2.74. The number of nitro benzene ring substituents is 1. The minimum atomic E-state index is -0.489. The summed E-state index contributed by atoms with van der Waals surface area (Å²) in [6.45, 7) is 1.76. The predicted molar refractivity (Wildman–Crippen MR) is 98.2 cm³/mol. The maximum atomic E-state index is 12.8. The molecule has 2 N–H and O–H groups in total. The van der Waals surface area contributed by atoms with Gasteiger partial charge in [0.1, 0.15) is 0 Å². The first-order chi connectivity index (χ1) is 12.5. The van der Waals surface area contributed by atoms with E-state index in [0.29, 0.717) is 17.1 Å². The van der Waals surface area contributed by atoms with E-state index in [0.717, 1.165) is 0 Å². The van der Waals surface area contributed by atoms with Gasteiger partial charge in [-0.1, -0.05) is 18.2 Å². The molecule has 0 unspecified atom stereocenters. The van der Waals surface area contributed by atoms with Gasteiger partial charge in [-0.3, -0.25) is 19.7 Å². The molecule has 1 aliphatic heterocycles. The van der Waals surface area contributed by atoms with Gasteiger partial charge in [0.05, 0.1) is 22.8 Å². The Kier molecular flexibility index (Phi) is 4.83. The molecular formula is C18H18N4O4. The van der Waals surface area contributed by atoms with Crippen molar-refractivity contribution in [3.63, 3.8) is 0 Å². The number of nitrogens with zero attached hydrogens (tertiary/aromatic N) is 2. The Labute approximate surface area is 150 Å². The van der Waals surface area contributed by atoms with E-state index < -0.39 is 4.92 Å². The Bertz CT molecular complexity index is 868. The first-order valence-electron chi connectivity index (χ1n) is 8.15. The van der Waals surface area contributed by atoms with E-state index in [1.165, 1.54) is 12.1 Å². The summed E-state index contributed by atoms with van der Waals surface area (Å²) in [7, 11) is 0. The third-order valence-electron chi connectivity index (χ3n) is 4.13. The molecule has 0 aliphatic carbocycles. The van der Waals surface area contributed by atoms with Gasteiger partial charge in [-0.15, -0.1) is 0 Å². The number of carbonyl (C=O) groups is 2. The van der Waals surface area contributed by atoms with Gasteiger partial charge in [0.15, 0.2) is 0 Å². The number of para-hydroxylation sites is 2. The lowest BCUT2D eigenvalue weighted by Crippen LogP contribution is -2.42. The Hall–Kier alpha value is -3.42. The maximum absolute atomic E-state index is 12.8. The van der Waals surface area contributed by atoms with Crippen LogP contribution in [0.5, 0.6) is 0 Å². The van der Waals surface area contributed by atoms with Crippen LogP contribution in [0.3, 0.4) is 0 Å². The number of hydrogen-bond acceptors (Lipinski definition) is 5. The first-order valence-corrected chi connectivity index (χ1v) is 8.15.